The summed E-state index contributed by atoms with van der Waals surface area (Å²) in [4.78, 5) is 0. The van der Waals surface area contributed by atoms with E-state index >= 15 is 0 Å². The maximum atomic E-state index is 3.51. The summed E-state index contributed by atoms with van der Waals surface area (Å²) in [5, 5.41) is 0. The zero-order valence-electron chi connectivity index (χ0n) is 3.31. The summed E-state index contributed by atoms with van der Waals surface area (Å²) in [7, 11) is 0. The maximum Gasteiger partial charge on any atom is -0.147 e. The smallest absolute Gasteiger partial charge is 0.147 e. The van der Waals surface area contributed by atoms with Gasteiger partial charge < -0.3 is 0 Å². The van der Waals surface area contributed by atoms with Crippen LogP contribution < -0.4 is 0 Å². The molecule has 0 saturated carbocycles. The second-order valence-corrected chi connectivity index (χ2v) is 1.77. The molecular formula is C3H7CeCl2. The minimum atomic E-state index is 0. The average Bonchev–Trinajstić information content (AvgIpc) is 1.37. The molecule has 0 aliphatic heterocycles. The Kier molecular flexibility index (Phi) is 41.5. The molecule has 0 unspecified atom stereocenters. The van der Waals surface area contributed by atoms with Crippen LogP contribution in [0.2, 0.25) is 1.94 Å². The number of allylic oxidation sites excluding steroid dienone is 1. The summed E-state index contributed by atoms with van der Waals surface area (Å²) in [5.41, 5.74) is 0. The van der Waals surface area contributed by atoms with Crippen molar-refractivity contribution in [2.75, 3.05) is 0 Å². The van der Waals surface area contributed by atoms with Crippen LogP contribution in [-0.2, 0) is 0 Å². The number of rotatable bonds is 1. The van der Waals surface area contributed by atoms with Crippen molar-refractivity contribution in [3.05, 3.63) is 12.7 Å². The van der Waals surface area contributed by atoms with Crippen molar-refractivity contribution < 1.29 is 39.6 Å². The van der Waals surface area contributed by atoms with Crippen molar-refractivity contribution in [2.24, 2.45) is 0 Å². The van der Waals surface area contributed by atoms with E-state index in [-0.39, 0.29) is 24.8 Å². The fraction of sp³-hybridized carbons (Fsp3) is 0.333. The van der Waals surface area contributed by atoms with Crippen LogP contribution in [-0.4, -0.2) is 0 Å². The molecule has 0 saturated heterocycles. The van der Waals surface area contributed by atoms with Crippen LogP contribution in [0.1, 0.15) is 0 Å². The summed E-state index contributed by atoms with van der Waals surface area (Å²) < 4.78 is 1.22. The molecule has 0 aliphatic carbocycles. The Hall–Kier alpha value is 1.70. The molecule has 0 heterocycles. The van der Waals surface area contributed by atoms with E-state index in [0.29, 0.717) is 0 Å². The number of hydrogen-bond acceptors (Lipinski definition) is 0. The van der Waals surface area contributed by atoms with Crippen LogP contribution in [0.5, 0.6) is 0 Å². The van der Waals surface area contributed by atoms with Crippen molar-refractivity contribution in [1.29, 1.82) is 0 Å². The van der Waals surface area contributed by atoms with Gasteiger partial charge in [-0.2, -0.15) is 0 Å². The van der Waals surface area contributed by atoms with Gasteiger partial charge in [-0.3, -0.25) is 0 Å². The van der Waals surface area contributed by atoms with Crippen LogP contribution in [0.25, 0.3) is 0 Å². The predicted octanol–water partition coefficient (Wildman–Crippen LogP) is 1.98. The first-order chi connectivity index (χ1) is 1.91. The van der Waals surface area contributed by atoms with Crippen molar-refractivity contribution >= 4 is 24.8 Å². The van der Waals surface area contributed by atoms with E-state index in [4.69, 9.17) is 0 Å². The molecular weight excluding hydrogens is 247 g/mol. The largest absolute Gasteiger partial charge is 0.147 e. The molecule has 3 heteroatoms. The number of hydrogen-bond donors (Lipinski definition) is 0. The molecule has 0 fully saturated rings. The van der Waals surface area contributed by atoms with Crippen LogP contribution >= 0.6 is 24.8 Å². The predicted molar refractivity (Wildman–Crippen MR) is 29.5 cm³/mol. The van der Waals surface area contributed by atoms with Crippen molar-refractivity contribution in [3.63, 3.8) is 0 Å². The van der Waals surface area contributed by atoms with Gasteiger partial charge in [-0.1, -0.05) is 0 Å². The third-order valence-corrected chi connectivity index (χ3v) is 1.05. The van der Waals surface area contributed by atoms with Gasteiger partial charge in [-0.05, 0) is 0 Å². The normalized spacial score (nSPS) is 3.83. The summed E-state index contributed by atoms with van der Waals surface area (Å²) in [6.45, 7) is 3.51. The molecule has 0 rings (SSSR count). The van der Waals surface area contributed by atoms with Gasteiger partial charge in [-0.25, -0.2) is 0 Å². The molecule has 0 aromatic heterocycles. The van der Waals surface area contributed by atoms with E-state index in [2.05, 4.69) is 6.58 Å². The summed E-state index contributed by atoms with van der Waals surface area (Å²) in [6.07, 6.45) is 1.94. The third kappa shape index (κ3) is 17.3. The second kappa shape index (κ2) is 15.9. The van der Waals surface area contributed by atoms with Gasteiger partial charge in [0.1, 0.15) is 0 Å². The Labute approximate surface area is 77.9 Å². The van der Waals surface area contributed by atoms with Gasteiger partial charge in [0.2, 0.25) is 0 Å². The van der Waals surface area contributed by atoms with E-state index in [1.54, 1.807) is 0 Å². The second-order valence-electron chi connectivity index (χ2n) is 0.493. The van der Waals surface area contributed by atoms with Crippen LogP contribution in [0, 0.1) is 39.6 Å². The average molecular weight is 254 g/mol. The molecule has 0 radical (unpaired) electrons. The zero-order chi connectivity index (χ0) is 3.41. The fourth-order valence-electron chi connectivity index (χ4n) is 0. The van der Waals surface area contributed by atoms with E-state index in [9.17, 15) is 0 Å². The van der Waals surface area contributed by atoms with Crippen LogP contribution in [0.3, 0.4) is 0 Å². The van der Waals surface area contributed by atoms with Gasteiger partial charge in [0.05, 0.1) is 0 Å². The monoisotopic (exact) mass is 253 g/mol. The van der Waals surface area contributed by atoms with E-state index in [1.165, 1.54) is 41.6 Å². The third-order valence-electron chi connectivity index (χ3n) is 0.144. The van der Waals surface area contributed by atoms with Crippen molar-refractivity contribution in [2.45, 2.75) is 1.94 Å². The van der Waals surface area contributed by atoms with Crippen molar-refractivity contribution in [3.8, 4) is 0 Å². The summed E-state index contributed by atoms with van der Waals surface area (Å²) >= 11 is 1.27. The molecule has 0 aromatic rings. The molecule has 6 heavy (non-hydrogen) atoms. The summed E-state index contributed by atoms with van der Waals surface area (Å²) in [6, 6.07) is 0. The Morgan fingerprint density at radius 2 is 1.67 bits per heavy atom. The Balaban J connectivity index is -0.0000000450. The first kappa shape index (κ1) is 15.6. The molecule has 0 amide bonds. The molecule has 0 bridgehead atoms. The summed E-state index contributed by atoms with van der Waals surface area (Å²) in [5.74, 6) is 0. The minimum absolute atomic E-state index is 0. The maximum absolute atomic E-state index is 3.51. The molecule has 0 aliphatic rings. The Bertz CT molecular complexity index is 22.8. The van der Waals surface area contributed by atoms with E-state index in [0.717, 1.165) is 0 Å². The topological polar surface area (TPSA) is 0 Å². The standard InChI is InChI=1S/C3H5.Ce.2ClH/c1-3-2;;;/h3H,1-2H2;;2*1H. The van der Waals surface area contributed by atoms with Gasteiger partial charge in [-0.15, -0.1) is 24.8 Å². The quantitative estimate of drug-likeness (QED) is 0.628. The first-order valence-electron chi connectivity index (χ1n) is 1.17. The first-order valence-corrected chi connectivity index (χ1v) is 3.39. The molecule has 0 aromatic carbocycles. The SMILES string of the molecule is C=C[CH2][Ce].Cl.Cl. The molecule has 37 valence electrons. The Morgan fingerprint density at radius 1 is 1.50 bits per heavy atom. The fourth-order valence-corrected chi connectivity index (χ4v) is 0. The van der Waals surface area contributed by atoms with E-state index in [1.807, 2.05) is 6.08 Å². The van der Waals surface area contributed by atoms with Gasteiger partial charge >= 0.3 is 54.2 Å². The van der Waals surface area contributed by atoms with Crippen molar-refractivity contribution in [1.82, 2.24) is 0 Å². The Morgan fingerprint density at radius 3 is 1.67 bits per heavy atom. The van der Waals surface area contributed by atoms with Gasteiger partial charge in [0, 0.05) is 0 Å². The molecule has 0 nitrogen and oxygen atoms in total. The zero-order valence-corrected chi connectivity index (χ0v) is 8.08. The molecule has 0 atom stereocenters. The van der Waals surface area contributed by atoms with Crippen LogP contribution in [0.15, 0.2) is 12.7 Å². The number of halogens is 2. The van der Waals surface area contributed by atoms with E-state index < -0.39 is 0 Å². The van der Waals surface area contributed by atoms with Crippen LogP contribution in [0.4, 0.5) is 0 Å². The molecule has 0 N–H and O–H groups in total. The minimum Gasteiger partial charge on any atom is -0.147 e. The molecule has 0 spiro atoms. The van der Waals surface area contributed by atoms with Gasteiger partial charge in [0.25, 0.3) is 0 Å². The van der Waals surface area contributed by atoms with Gasteiger partial charge in [0.15, 0.2) is 0 Å².